The fourth-order valence-corrected chi connectivity index (χ4v) is 2.02. The fourth-order valence-electron chi connectivity index (χ4n) is 1.20. The van der Waals surface area contributed by atoms with Gasteiger partial charge in [0.05, 0.1) is 5.69 Å². The van der Waals surface area contributed by atoms with Crippen molar-refractivity contribution in [3.05, 3.63) is 34.9 Å². The third-order valence-electron chi connectivity index (χ3n) is 1.90. The van der Waals surface area contributed by atoms with Crippen molar-refractivity contribution in [3.63, 3.8) is 0 Å². The van der Waals surface area contributed by atoms with E-state index in [9.17, 15) is 8.78 Å². The largest absolute Gasteiger partial charge is 0.358 e. The zero-order valence-corrected chi connectivity index (χ0v) is 7.71. The van der Waals surface area contributed by atoms with Crippen molar-refractivity contribution in [3.8, 4) is 0 Å². The number of hydrogen-bond acceptors (Lipinski definition) is 2. The molecular formula is C9H7F2NS. The molecule has 13 heavy (non-hydrogen) atoms. The molecular weight excluding hydrogens is 192 g/mol. The van der Waals surface area contributed by atoms with Gasteiger partial charge in [-0.15, -0.1) is 0 Å². The second kappa shape index (κ2) is 3.03. The Morgan fingerprint density at radius 3 is 2.85 bits per heavy atom. The first-order chi connectivity index (χ1) is 6.20. The standard InChI is InChI=1S/C9H7F2NS/c1-5-6(10)4-7(11)8-9(5)13-3-2-12-8/h2-4,12H,1H3. The number of benzene rings is 1. The van der Waals surface area contributed by atoms with Gasteiger partial charge in [-0.1, -0.05) is 11.8 Å². The molecule has 0 fully saturated rings. The Balaban J connectivity index is 2.66. The maximum Gasteiger partial charge on any atom is 0.150 e. The third kappa shape index (κ3) is 1.31. The van der Waals surface area contributed by atoms with Crippen molar-refractivity contribution in [2.75, 3.05) is 5.32 Å². The molecule has 0 radical (unpaired) electrons. The van der Waals surface area contributed by atoms with E-state index in [-0.39, 0.29) is 0 Å². The number of fused-ring (bicyclic) bond motifs is 1. The van der Waals surface area contributed by atoms with Crippen LogP contribution in [0.25, 0.3) is 0 Å². The molecule has 1 aliphatic heterocycles. The Kier molecular flexibility index (Phi) is 2.00. The van der Waals surface area contributed by atoms with Gasteiger partial charge in [-0.3, -0.25) is 0 Å². The lowest BCUT2D eigenvalue weighted by molar-refractivity contribution is 0.573. The second-order valence-corrected chi connectivity index (χ2v) is 3.65. The number of hydrogen-bond donors (Lipinski definition) is 1. The van der Waals surface area contributed by atoms with Gasteiger partial charge in [0.2, 0.25) is 0 Å². The van der Waals surface area contributed by atoms with Gasteiger partial charge in [0.1, 0.15) is 5.82 Å². The maximum atomic E-state index is 13.2. The zero-order chi connectivity index (χ0) is 9.42. The van der Waals surface area contributed by atoms with E-state index in [1.165, 1.54) is 11.8 Å². The fraction of sp³-hybridized carbons (Fsp3) is 0.111. The van der Waals surface area contributed by atoms with Gasteiger partial charge < -0.3 is 5.32 Å². The van der Waals surface area contributed by atoms with Gasteiger partial charge in [-0.2, -0.15) is 0 Å². The number of thioether (sulfide) groups is 1. The summed E-state index contributed by atoms with van der Waals surface area (Å²) in [7, 11) is 0. The summed E-state index contributed by atoms with van der Waals surface area (Å²) in [5.74, 6) is -1.05. The van der Waals surface area contributed by atoms with Crippen molar-refractivity contribution in [2.45, 2.75) is 11.8 Å². The Bertz CT molecular complexity index is 388. The van der Waals surface area contributed by atoms with E-state index in [1.807, 2.05) is 0 Å². The summed E-state index contributed by atoms with van der Waals surface area (Å²) >= 11 is 1.32. The van der Waals surface area contributed by atoms with Gasteiger partial charge in [0.25, 0.3) is 0 Å². The SMILES string of the molecule is Cc1c(F)cc(F)c2c1SC=CN2. The third-order valence-corrected chi connectivity index (χ3v) is 2.92. The van der Waals surface area contributed by atoms with Crippen molar-refractivity contribution >= 4 is 17.4 Å². The Hall–Kier alpha value is -1.03. The van der Waals surface area contributed by atoms with Crippen LogP contribution in [-0.4, -0.2) is 0 Å². The van der Waals surface area contributed by atoms with Gasteiger partial charge in [-0.25, -0.2) is 8.78 Å². The highest BCUT2D eigenvalue weighted by molar-refractivity contribution is 8.02. The average Bonchev–Trinajstić information content (AvgIpc) is 2.15. The molecule has 68 valence electrons. The van der Waals surface area contributed by atoms with Crippen molar-refractivity contribution in [1.82, 2.24) is 0 Å². The molecule has 0 unspecified atom stereocenters. The van der Waals surface area contributed by atoms with Crippen LogP contribution in [0.15, 0.2) is 22.6 Å². The quantitative estimate of drug-likeness (QED) is 0.688. The van der Waals surface area contributed by atoms with E-state index in [1.54, 1.807) is 18.5 Å². The predicted molar refractivity (Wildman–Crippen MR) is 49.7 cm³/mol. The van der Waals surface area contributed by atoms with Crippen LogP contribution in [0.3, 0.4) is 0 Å². The molecule has 1 aromatic carbocycles. The van der Waals surface area contributed by atoms with E-state index >= 15 is 0 Å². The van der Waals surface area contributed by atoms with Crippen LogP contribution in [0.4, 0.5) is 14.5 Å². The Labute approximate surface area is 78.8 Å². The van der Waals surface area contributed by atoms with Crippen molar-refractivity contribution in [1.29, 1.82) is 0 Å². The monoisotopic (exact) mass is 199 g/mol. The van der Waals surface area contributed by atoms with Gasteiger partial charge >= 0.3 is 0 Å². The highest BCUT2D eigenvalue weighted by atomic mass is 32.2. The summed E-state index contributed by atoms with van der Waals surface area (Å²) in [5, 5.41) is 4.51. The van der Waals surface area contributed by atoms with Crippen LogP contribution in [-0.2, 0) is 0 Å². The summed E-state index contributed by atoms with van der Waals surface area (Å²) in [6.07, 6.45) is 1.63. The lowest BCUT2D eigenvalue weighted by atomic mass is 10.2. The Morgan fingerprint density at radius 1 is 1.31 bits per heavy atom. The molecule has 1 N–H and O–H groups in total. The van der Waals surface area contributed by atoms with E-state index < -0.39 is 11.6 Å². The lowest BCUT2D eigenvalue weighted by Gasteiger charge is -2.15. The molecule has 0 amide bonds. The summed E-state index contributed by atoms with van der Waals surface area (Å²) < 4.78 is 26.2. The molecule has 0 atom stereocenters. The van der Waals surface area contributed by atoms with E-state index in [0.717, 1.165) is 6.07 Å². The molecule has 1 nitrogen and oxygen atoms in total. The van der Waals surface area contributed by atoms with Gasteiger partial charge in [0, 0.05) is 22.7 Å². The molecule has 0 aromatic heterocycles. The zero-order valence-electron chi connectivity index (χ0n) is 6.90. The summed E-state index contributed by atoms with van der Waals surface area (Å²) in [4.78, 5) is 0.625. The van der Waals surface area contributed by atoms with Crippen molar-refractivity contribution < 1.29 is 8.78 Å². The Morgan fingerprint density at radius 2 is 2.08 bits per heavy atom. The molecule has 0 saturated heterocycles. The number of rotatable bonds is 0. The first kappa shape index (κ1) is 8.56. The van der Waals surface area contributed by atoms with Crippen LogP contribution >= 0.6 is 11.8 Å². The van der Waals surface area contributed by atoms with Crippen LogP contribution in [0.1, 0.15) is 5.56 Å². The molecule has 4 heteroatoms. The van der Waals surface area contributed by atoms with Gasteiger partial charge in [-0.05, 0) is 12.3 Å². The van der Waals surface area contributed by atoms with Crippen LogP contribution < -0.4 is 5.32 Å². The molecule has 1 aliphatic rings. The first-order valence-electron chi connectivity index (χ1n) is 3.77. The highest BCUT2D eigenvalue weighted by Crippen LogP contribution is 2.37. The maximum absolute atomic E-state index is 13.2. The number of halogens is 2. The normalized spacial score (nSPS) is 13.8. The average molecular weight is 199 g/mol. The van der Waals surface area contributed by atoms with Crippen LogP contribution in [0.2, 0.25) is 0 Å². The minimum atomic E-state index is -0.546. The van der Waals surface area contributed by atoms with Crippen molar-refractivity contribution in [2.24, 2.45) is 0 Å². The van der Waals surface area contributed by atoms with E-state index in [0.29, 0.717) is 16.1 Å². The summed E-state index contributed by atoms with van der Waals surface area (Å²) in [6, 6.07) is 0.904. The lowest BCUT2D eigenvalue weighted by Crippen LogP contribution is -2.01. The molecule has 0 aliphatic carbocycles. The van der Waals surface area contributed by atoms with E-state index in [4.69, 9.17) is 0 Å². The van der Waals surface area contributed by atoms with E-state index in [2.05, 4.69) is 5.32 Å². The number of nitrogens with one attached hydrogen (secondary N) is 1. The van der Waals surface area contributed by atoms with Crippen LogP contribution in [0.5, 0.6) is 0 Å². The second-order valence-electron chi connectivity index (χ2n) is 2.73. The summed E-state index contributed by atoms with van der Waals surface area (Å²) in [5.41, 5.74) is 0.852. The molecule has 1 aromatic rings. The van der Waals surface area contributed by atoms with Crippen LogP contribution in [0, 0.1) is 18.6 Å². The smallest absolute Gasteiger partial charge is 0.150 e. The predicted octanol–water partition coefficient (Wildman–Crippen LogP) is 3.26. The molecule has 1 heterocycles. The first-order valence-corrected chi connectivity index (χ1v) is 4.65. The molecule has 0 bridgehead atoms. The highest BCUT2D eigenvalue weighted by Gasteiger charge is 2.16. The molecule has 0 spiro atoms. The molecule has 0 saturated carbocycles. The summed E-state index contributed by atoms with van der Waals surface area (Å²) in [6.45, 7) is 1.64. The minimum Gasteiger partial charge on any atom is -0.358 e. The number of anilines is 1. The molecule has 2 rings (SSSR count). The minimum absolute atomic E-state index is 0.367. The topological polar surface area (TPSA) is 12.0 Å². The van der Waals surface area contributed by atoms with Gasteiger partial charge in [0.15, 0.2) is 5.82 Å².